The molecule has 0 amide bonds. The summed E-state index contributed by atoms with van der Waals surface area (Å²) >= 11 is 1.52. The molecule has 2 heterocycles. The maximum atomic E-state index is 10.9. The summed E-state index contributed by atoms with van der Waals surface area (Å²) in [5.41, 5.74) is 0.0908. The number of carbonyl (C=O) groups is 2. The van der Waals surface area contributed by atoms with Gasteiger partial charge >= 0.3 is 11.9 Å². The second-order valence-electron chi connectivity index (χ2n) is 3.39. The van der Waals surface area contributed by atoms with Crippen LogP contribution in [0.2, 0.25) is 0 Å². The Balaban J connectivity index is 2.59. The molecule has 2 N–H and O–H groups in total. The normalized spacial score (nSPS) is 14.2. The predicted molar refractivity (Wildman–Crippen MR) is 57.2 cm³/mol. The predicted octanol–water partition coefficient (Wildman–Crippen LogP) is 1.52. The van der Waals surface area contributed by atoms with E-state index in [4.69, 9.17) is 10.2 Å². The number of nitrogens with zero attached hydrogens (tertiary/aromatic N) is 1. The molecule has 1 aliphatic rings. The Morgan fingerprint density at radius 2 is 2.06 bits per heavy atom. The van der Waals surface area contributed by atoms with Crippen LogP contribution in [0.4, 0.5) is 0 Å². The van der Waals surface area contributed by atoms with Gasteiger partial charge in [0.15, 0.2) is 5.69 Å². The third kappa shape index (κ3) is 1.88. The zero-order chi connectivity index (χ0) is 11.7. The molecule has 0 unspecified atom stereocenters. The van der Waals surface area contributed by atoms with E-state index in [2.05, 4.69) is 4.98 Å². The molecule has 0 radical (unpaired) electrons. The van der Waals surface area contributed by atoms with Crippen molar-refractivity contribution in [1.29, 1.82) is 0 Å². The first-order valence-electron chi connectivity index (χ1n) is 4.73. The number of carboxylic acid groups (broad SMARTS) is 2. The molecule has 84 valence electrons. The molecule has 0 saturated heterocycles. The highest BCUT2D eigenvalue weighted by Crippen LogP contribution is 2.30. The van der Waals surface area contributed by atoms with Crippen molar-refractivity contribution in [2.75, 3.05) is 5.75 Å². The van der Waals surface area contributed by atoms with E-state index in [9.17, 15) is 9.59 Å². The Morgan fingerprint density at radius 3 is 2.69 bits per heavy atom. The highest BCUT2D eigenvalue weighted by atomic mass is 32.2. The molecule has 6 heteroatoms. The minimum Gasteiger partial charge on any atom is -0.478 e. The first-order valence-corrected chi connectivity index (χ1v) is 5.71. The molecule has 2 rings (SSSR count). The molecule has 16 heavy (non-hydrogen) atoms. The average molecular weight is 239 g/mol. The lowest BCUT2D eigenvalue weighted by Gasteiger charge is -2.15. The van der Waals surface area contributed by atoms with Crippen LogP contribution in [-0.2, 0) is 6.42 Å². The van der Waals surface area contributed by atoms with E-state index in [1.807, 2.05) is 0 Å². The van der Waals surface area contributed by atoms with Gasteiger partial charge in [-0.15, -0.1) is 11.8 Å². The summed E-state index contributed by atoms with van der Waals surface area (Å²) in [4.78, 5) is 26.5. The van der Waals surface area contributed by atoms with Gasteiger partial charge in [0.2, 0.25) is 0 Å². The summed E-state index contributed by atoms with van der Waals surface area (Å²) in [6.45, 7) is 0. The van der Waals surface area contributed by atoms with Crippen molar-refractivity contribution in [3.63, 3.8) is 0 Å². The molecule has 1 aromatic heterocycles. The third-order valence-corrected chi connectivity index (χ3v) is 3.47. The Hall–Kier alpha value is -1.56. The number of thioether (sulfide) groups is 1. The average Bonchev–Trinajstić information content (AvgIpc) is 2.27. The number of carboxylic acids is 2. The van der Waals surface area contributed by atoms with Gasteiger partial charge in [-0.3, -0.25) is 0 Å². The van der Waals surface area contributed by atoms with Crippen molar-refractivity contribution in [3.8, 4) is 0 Å². The van der Waals surface area contributed by atoms with Crippen LogP contribution in [0.15, 0.2) is 11.0 Å². The van der Waals surface area contributed by atoms with Crippen LogP contribution in [0.1, 0.15) is 33.0 Å². The zero-order valence-electron chi connectivity index (χ0n) is 8.27. The highest BCUT2D eigenvalue weighted by Gasteiger charge is 2.22. The lowest BCUT2D eigenvalue weighted by atomic mass is 10.1. The lowest BCUT2D eigenvalue weighted by Crippen LogP contribution is -2.14. The quantitative estimate of drug-likeness (QED) is 0.813. The summed E-state index contributed by atoms with van der Waals surface area (Å²) in [5, 5.41) is 17.8. The van der Waals surface area contributed by atoms with Crippen molar-refractivity contribution in [2.45, 2.75) is 17.7 Å². The minimum absolute atomic E-state index is 0.236. The van der Waals surface area contributed by atoms with E-state index in [1.54, 1.807) is 0 Å². The first-order chi connectivity index (χ1) is 7.59. The van der Waals surface area contributed by atoms with E-state index in [-0.39, 0.29) is 11.3 Å². The number of aryl methyl sites for hydroxylation is 1. The Labute approximate surface area is 95.5 Å². The third-order valence-electron chi connectivity index (χ3n) is 2.31. The fourth-order valence-corrected chi connectivity index (χ4v) is 2.61. The first kappa shape index (κ1) is 10.9. The van der Waals surface area contributed by atoms with Crippen LogP contribution in [0.25, 0.3) is 0 Å². The minimum atomic E-state index is -1.30. The molecule has 1 aliphatic heterocycles. The maximum Gasteiger partial charge on any atom is 0.355 e. The molecule has 0 aliphatic carbocycles. The van der Waals surface area contributed by atoms with Gasteiger partial charge in [0.05, 0.1) is 11.3 Å². The Morgan fingerprint density at radius 1 is 1.31 bits per heavy atom. The van der Waals surface area contributed by atoms with Crippen LogP contribution < -0.4 is 0 Å². The van der Waals surface area contributed by atoms with E-state index in [1.165, 1.54) is 17.8 Å². The molecule has 0 aromatic carbocycles. The van der Waals surface area contributed by atoms with Crippen LogP contribution >= 0.6 is 11.8 Å². The van der Waals surface area contributed by atoms with Gasteiger partial charge in [-0.05, 0) is 24.7 Å². The van der Waals surface area contributed by atoms with Gasteiger partial charge in [0.1, 0.15) is 0 Å². The SMILES string of the molecule is O=C(O)c1cc2c(nc1C(=O)O)CCCS2. The summed E-state index contributed by atoms with van der Waals surface area (Å²) in [6, 6.07) is 1.41. The van der Waals surface area contributed by atoms with Crippen LogP contribution in [0, 0.1) is 0 Å². The largest absolute Gasteiger partial charge is 0.478 e. The Kier molecular flexibility index (Phi) is 2.82. The Bertz CT molecular complexity index is 429. The standard InChI is InChI=1S/C10H9NO4S/c12-9(13)5-4-7-6(2-1-3-16-7)11-8(5)10(14)15/h4H,1-3H2,(H,12,13)(H,14,15). The number of aromatic carboxylic acids is 2. The fraction of sp³-hybridized carbons (Fsp3) is 0.300. The fourth-order valence-electron chi connectivity index (χ4n) is 1.58. The molecule has 0 spiro atoms. The molecule has 0 fully saturated rings. The molecule has 0 saturated carbocycles. The second-order valence-corrected chi connectivity index (χ2v) is 4.53. The second kappa shape index (κ2) is 4.13. The summed E-state index contributed by atoms with van der Waals surface area (Å²) in [7, 11) is 0. The van der Waals surface area contributed by atoms with Crippen molar-refractivity contribution in [2.24, 2.45) is 0 Å². The van der Waals surface area contributed by atoms with Crippen molar-refractivity contribution < 1.29 is 19.8 Å². The van der Waals surface area contributed by atoms with E-state index < -0.39 is 11.9 Å². The molecular formula is C10H9NO4S. The number of aromatic nitrogens is 1. The lowest BCUT2D eigenvalue weighted by molar-refractivity contribution is 0.0645. The number of rotatable bonds is 2. The monoisotopic (exact) mass is 239 g/mol. The summed E-state index contributed by atoms with van der Waals surface area (Å²) < 4.78 is 0. The summed E-state index contributed by atoms with van der Waals surface area (Å²) in [5.74, 6) is -1.63. The van der Waals surface area contributed by atoms with Crippen molar-refractivity contribution in [3.05, 3.63) is 23.0 Å². The van der Waals surface area contributed by atoms with E-state index in [0.29, 0.717) is 12.1 Å². The van der Waals surface area contributed by atoms with Gasteiger partial charge in [-0.25, -0.2) is 14.6 Å². The van der Waals surface area contributed by atoms with E-state index in [0.717, 1.165) is 17.1 Å². The number of hydrogen-bond acceptors (Lipinski definition) is 4. The molecule has 0 bridgehead atoms. The smallest absolute Gasteiger partial charge is 0.355 e. The van der Waals surface area contributed by atoms with Gasteiger partial charge in [-0.2, -0.15) is 0 Å². The van der Waals surface area contributed by atoms with Gasteiger partial charge in [0.25, 0.3) is 0 Å². The number of fused-ring (bicyclic) bond motifs is 1. The van der Waals surface area contributed by atoms with Crippen LogP contribution in [-0.4, -0.2) is 32.9 Å². The van der Waals surface area contributed by atoms with Crippen LogP contribution in [0.3, 0.4) is 0 Å². The van der Waals surface area contributed by atoms with Crippen molar-refractivity contribution >= 4 is 23.7 Å². The van der Waals surface area contributed by atoms with Crippen molar-refractivity contribution in [1.82, 2.24) is 4.98 Å². The molecule has 5 nitrogen and oxygen atoms in total. The number of hydrogen-bond donors (Lipinski definition) is 2. The highest BCUT2D eigenvalue weighted by molar-refractivity contribution is 7.99. The van der Waals surface area contributed by atoms with Gasteiger partial charge < -0.3 is 10.2 Å². The topological polar surface area (TPSA) is 87.5 Å². The summed E-state index contributed by atoms with van der Waals surface area (Å²) in [6.07, 6.45) is 1.65. The molecule has 1 aromatic rings. The molecule has 0 atom stereocenters. The zero-order valence-corrected chi connectivity index (χ0v) is 9.08. The van der Waals surface area contributed by atoms with E-state index >= 15 is 0 Å². The molecular weight excluding hydrogens is 230 g/mol. The number of pyridine rings is 1. The van der Waals surface area contributed by atoms with Crippen LogP contribution in [0.5, 0.6) is 0 Å². The maximum absolute atomic E-state index is 10.9. The van der Waals surface area contributed by atoms with Gasteiger partial charge in [-0.1, -0.05) is 0 Å². The van der Waals surface area contributed by atoms with Gasteiger partial charge in [0, 0.05) is 4.90 Å².